The number of hydrogen-bond acceptors (Lipinski definition) is 6. The van der Waals surface area contributed by atoms with E-state index < -0.39 is 11.8 Å². The van der Waals surface area contributed by atoms with Crippen LogP contribution in [0.1, 0.15) is 68.4 Å². The second-order valence-electron chi connectivity index (χ2n) is 10.1. The van der Waals surface area contributed by atoms with Gasteiger partial charge in [0, 0.05) is 33.8 Å². The molecule has 2 aromatic carbocycles. The van der Waals surface area contributed by atoms with E-state index in [0.29, 0.717) is 35.6 Å². The number of Topliss-reactive ketones (excluding diaryl/α,β-unsaturated/α-hetero) is 1. The Morgan fingerprint density at radius 1 is 1.06 bits per heavy atom. The smallest absolute Gasteiger partial charge is 0.315 e. The predicted octanol–water partition coefficient (Wildman–Crippen LogP) is 6.24. The van der Waals surface area contributed by atoms with Gasteiger partial charge in [-0.25, -0.2) is 0 Å². The molecule has 0 saturated heterocycles. The van der Waals surface area contributed by atoms with Crippen LogP contribution in [-0.2, 0) is 14.3 Å². The highest BCUT2D eigenvalue weighted by molar-refractivity contribution is 9.10. The lowest BCUT2D eigenvalue weighted by atomic mass is 9.69. The van der Waals surface area contributed by atoms with Gasteiger partial charge >= 0.3 is 5.97 Å². The van der Waals surface area contributed by atoms with Gasteiger partial charge in [-0.2, -0.15) is 0 Å². The normalized spacial score (nSPS) is 25.6. The molecule has 0 bridgehead atoms. The molecule has 0 aromatic heterocycles. The molecule has 2 aromatic rings. The molecule has 1 saturated carbocycles. The second kappa shape index (κ2) is 9.51. The van der Waals surface area contributed by atoms with Crippen LogP contribution in [0.5, 0.6) is 11.5 Å². The lowest BCUT2D eigenvalue weighted by molar-refractivity contribution is -0.151. The maximum Gasteiger partial charge on any atom is 0.315 e. The molecule has 0 spiro atoms. The zero-order valence-corrected chi connectivity index (χ0v) is 21.8. The number of carbonyl (C=O) groups is 2. The van der Waals surface area contributed by atoms with E-state index in [9.17, 15) is 9.59 Å². The molecule has 7 heteroatoms. The van der Waals surface area contributed by atoms with Crippen LogP contribution in [0, 0.1) is 5.92 Å². The van der Waals surface area contributed by atoms with Crippen molar-refractivity contribution in [3.8, 4) is 11.5 Å². The standard InChI is InChI=1S/C29H28BrNO5/c1-16-26(29(33)36-19-9-5-6-10-19)27(20-13-24-25(14-21(20)30)35-15-34-24)28-22(31-16)11-18(12-23(28)32)17-7-3-2-4-8-17/h2-4,7-8,13-14,18-19,26-27H,5-6,9-12,15H2,1H3/t18-,26?,27+/m0/s1. The summed E-state index contributed by atoms with van der Waals surface area (Å²) in [7, 11) is 0. The maximum absolute atomic E-state index is 13.8. The Morgan fingerprint density at radius 3 is 2.53 bits per heavy atom. The predicted molar refractivity (Wildman–Crippen MR) is 138 cm³/mol. The van der Waals surface area contributed by atoms with Crippen LogP contribution in [0.2, 0.25) is 0 Å². The summed E-state index contributed by atoms with van der Waals surface area (Å²) in [6.45, 7) is 2.03. The van der Waals surface area contributed by atoms with Crippen LogP contribution in [0.4, 0.5) is 0 Å². The molecule has 36 heavy (non-hydrogen) atoms. The maximum atomic E-state index is 13.8. The summed E-state index contributed by atoms with van der Waals surface area (Å²) >= 11 is 3.69. The van der Waals surface area contributed by atoms with Gasteiger partial charge in [0.15, 0.2) is 17.3 Å². The fourth-order valence-electron chi connectivity index (χ4n) is 6.08. The highest BCUT2D eigenvalue weighted by Gasteiger charge is 2.46. The van der Waals surface area contributed by atoms with Crippen LogP contribution in [0.15, 0.2) is 63.2 Å². The second-order valence-corrected chi connectivity index (χ2v) is 10.9. The number of ether oxygens (including phenoxy) is 3. The monoisotopic (exact) mass is 549 g/mol. The molecule has 186 valence electrons. The van der Waals surface area contributed by atoms with Gasteiger partial charge in [0.25, 0.3) is 0 Å². The minimum Gasteiger partial charge on any atom is -0.462 e. The third-order valence-corrected chi connectivity index (χ3v) is 8.51. The van der Waals surface area contributed by atoms with Crippen LogP contribution in [-0.4, -0.2) is 30.4 Å². The van der Waals surface area contributed by atoms with Gasteiger partial charge in [0.2, 0.25) is 6.79 Å². The van der Waals surface area contributed by atoms with Crippen molar-refractivity contribution in [1.29, 1.82) is 0 Å². The van der Waals surface area contributed by atoms with Crippen LogP contribution < -0.4 is 9.47 Å². The number of hydrogen-bond donors (Lipinski definition) is 0. The minimum absolute atomic E-state index is 0.0367. The fourth-order valence-corrected chi connectivity index (χ4v) is 6.65. The van der Waals surface area contributed by atoms with Crippen molar-refractivity contribution in [3.05, 3.63) is 69.3 Å². The summed E-state index contributed by atoms with van der Waals surface area (Å²) in [6.07, 6.45) is 4.90. The Balaban J connectivity index is 1.44. The first kappa shape index (κ1) is 23.5. The van der Waals surface area contributed by atoms with Crippen molar-refractivity contribution < 1.29 is 23.8 Å². The summed E-state index contributed by atoms with van der Waals surface area (Å²) in [4.78, 5) is 32.4. The van der Waals surface area contributed by atoms with Crippen molar-refractivity contribution in [3.63, 3.8) is 0 Å². The molecule has 2 heterocycles. The Bertz CT molecular complexity index is 1280. The Labute approximate surface area is 218 Å². The SMILES string of the molecule is CC1=NC2=C(C(=O)C[C@@H](c3ccccc3)C2)[C@H](c2cc3c(cc2Br)OCO3)C1C(=O)OC1CCCC1. The first-order chi connectivity index (χ1) is 17.5. The number of halogens is 1. The molecule has 0 radical (unpaired) electrons. The van der Waals surface area contributed by atoms with Crippen molar-refractivity contribution in [2.24, 2.45) is 10.9 Å². The van der Waals surface area contributed by atoms with Crippen LogP contribution in [0.3, 0.4) is 0 Å². The van der Waals surface area contributed by atoms with E-state index >= 15 is 0 Å². The molecule has 2 aliphatic carbocycles. The lowest BCUT2D eigenvalue weighted by Gasteiger charge is -2.37. The zero-order chi connectivity index (χ0) is 24.8. The fraction of sp³-hybridized carbons (Fsp3) is 0.414. The molecule has 3 atom stereocenters. The van der Waals surface area contributed by atoms with E-state index in [4.69, 9.17) is 19.2 Å². The number of rotatable bonds is 4. The Kier molecular flexibility index (Phi) is 6.20. The first-order valence-electron chi connectivity index (χ1n) is 12.7. The summed E-state index contributed by atoms with van der Waals surface area (Å²) in [5, 5.41) is 0. The number of aliphatic imine (C=N–C) groups is 1. The van der Waals surface area contributed by atoms with Gasteiger partial charge in [-0.3, -0.25) is 14.6 Å². The molecular weight excluding hydrogens is 522 g/mol. The van der Waals surface area contributed by atoms with E-state index in [1.54, 1.807) is 0 Å². The highest BCUT2D eigenvalue weighted by Crippen LogP contribution is 2.50. The van der Waals surface area contributed by atoms with E-state index in [1.165, 1.54) is 0 Å². The summed E-state index contributed by atoms with van der Waals surface area (Å²) < 4.78 is 18.0. The molecule has 2 aliphatic heterocycles. The van der Waals surface area contributed by atoms with Crippen molar-refractivity contribution in [2.75, 3.05) is 6.79 Å². The molecule has 6 nitrogen and oxygen atoms in total. The average molecular weight is 550 g/mol. The van der Waals surface area contributed by atoms with Crippen molar-refractivity contribution >= 4 is 33.4 Å². The Morgan fingerprint density at radius 2 is 1.78 bits per heavy atom. The van der Waals surface area contributed by atoms with Crippen molar-refractivity contribution in [1.82, 2.24) is 0 Å². The number of benzene rings is 2. The third kappa shape index (κ3) is 4.17. The molecule has 0 N–H and O–H groups in total. The average Bonchev–Trinajstić information content (AvgIpc) is 3.54. The molecule has 4 aliphatic rings. The van der Waals surface area contributed by atoms with Gasteiger partial charge in [-0.15, -0.1) is 0 Å². The van der Waals surface area contributed by atoms with Gasteiger partial charge in [-0.05, 0) is 68.2 Å². The lowest BCUT2D eigenvalue weighted by Crippen LogP contribution is -2.39. The number of esters is 1. The topological polar surface area (TPSA) is 74.2 Å². The van der Waals surface area contributed by atoms with Gasteiger partial charge in [0.05, 0.1) is 0 Å². The number of fused-ring (bicyclic) bond motifs is 1. The van der Waals surface area contributed by atoms with Gasteiger partial charge < -0.3 is 14.2 Å². The molecule has 0 amide bonds. The zero-order valence-electron chi connectivity index (χ0n) is 20.2. The molecular formula is C29H28BrNO5. The Hall–Kier alpha value is -2.93. The molecule has 6 rings (SSSR count). The summed E-state index contributed by atoms with van der Waals surface area (Å²) in [5.41, 5.74) is 4.04. The minimum atomic E-state index is -0.668. The van der Waals surface area contributed by atoms with E-state index in [1.807, 2.05) is 37.3 Å². The number of ketones is 1. The van der Waals surface area contributed by atoms with Gasteiger partial charge in [-0.1, -0.05) is 46.3 Å². The van der Waals surface area contributed by atoms with Crippen LogP contribution >= 0.6 is 15.9 Å². The van der Waals surface area contributed by atoms with Crippen LogP contribution in [0.25, 0.3) is 0 Å². The van der Waals surface area contributed by atoms with Crippen molar-refractivity contribution in [2.45, 2.75) is 63.4 Å². The van der Waals surface area contributed by atoms with E-state index in [0.717, 1.165) is 47.0 Å². The third-order valence-electron chi connectivity index (χ3n) is 7.83. The molecule has 1 unspecified atom stereocenters. The number of carbonyl (C=O) groups excluding carboxylic acids is 2. The number of nitrogens with zero attached hydrogens (tertiary/aromatic N) is 1. The van der Waals surface area contributed by atoms with Gasteiger partial charge in [0.1, 0.15) is 12.0 Å². The first-order valence-corrected chi connectivity index (χ1v) is 13.4. The summed E-state index contributed by atoms with van der Waals surface area (Å²) in [5.74, 6) is -0.111. The molecule has 1 fully saturated rings. The highest BCUT2D eigenvalue weighted by atomic mass is 79.9. The van der Waals surface area contributed by atoms with E-state index in [2.05, 4.69) is 28.1 Å². The van der Waals surface area contributed by atoms with E-state index in [-0.39, 0.29) is 30.6 Å². The number of allylic oxidation sites excluding steroid dienone is 2. The quantitative estimate of drug-likeness (QED) is 0.422. The summed E-state index contributed by atoms with van der Waals surface area (Å²) in [6, 6.07) is 13.9. The largest absolute Gasteiger partial charge is 0.462 e.